The van der Waals surface area contributed by atoms with Gasteiger partial charge in [-0.2, -0.15) is 0 Å². The van der Waals surface area contributed by atoms with Crippen LogP contribution in [-0.2, 0) is 11.2 Å². The molecule has 0 bridgehead atoms. The maximum atomic E-state index is 12.2. The number of hydrogen-bond acceptors (Lipinski definition) is 4. The molecule has 1 fully saturated rings. The highest BCUT2D eigenvalue weighted by Gasteiger charge is 2.22. The number of benzene rings is 1. The zero-order valence-electron chi connectivity index (χ0n) is 13.5. The van der Waals surface area contributed by atoms with Crippen molar-refractivity contribution < 1.29 is 4.79 Å². The van der Waals surface area contributed by atoms with E-state index < -0.39 is 0 Å². The van der Waals surface area contributed by atoms with Crippen molar-refractivity contribution in [3.63, 3.8) is 0 Å². The predicted molar refractivity (Wildman–Crippen MR) is 93.7 cm³/mol. The van der Waals surface area contributed by atoms with Crippen molar-refractivity contribution in [2.45, 2.75) is 51.4 Å². The number of nitrogens with one attached hydrogen (secondary N) is 1. The molecule has 1 amide bonds. The van der Waals surface area contributed by atoms with Crippen LogP contribution in [0.4, 0.5) is 5.13 Å². The highest BCUT2D eigenvalue weighted by Crippen LogP contribution is 2.27. The fourth-order valence-corrected chi connectivity index (χ4v) is 3.99. The number of anilines is 1. The van der Waals surface area contributed by atoms with E-state index in [1.807, 2.05) is 6.07 Å². The first-order valence-electron chi connectivity index (χ1n) is 8.40. The highest BCUT2D eigenvalue weighted by atomic mass is 32.1. The summed E-state index contributed by atoms with van der Waals surface area (Å²) in [4.78, 5) is 12.2. The van der Waals surface area contributed by atoms with Gasteiger partial charge in [0.1, 0.15) is 5.01 Å². The van der Waals surface area contributed by atoms with Crippen LogP contribution in [0.5, 0.6) is 0 Å². The Balaban J connectivity index is 1.56. The van der Waals surface area contributed by atoms with Crippen LogP contribution in [-0.4, -0.2) is 16.1 Å². The summed E-state index contributed by atoms with van der Waals surface area (Å²) in [6.07, 6.45) is 6.43. The topological polar surface area (TPSA) is 54.9 Å². The molecule has 1 aromatic carbocycles. The minimum absolute atomic E-state index is 0.114. The van der Waals surface area contributed by atoms with Crippen molar-refractivity contribution in [1.82, 2.24) is 10.2 Å². The van der Waals surface area contributed by atoms with E-state index >= 15 is 0 Å². The molecule has 1 N–H and O–H groups in total. The Bertz CT molecular complexity index is 635. The van der Waals surface area contributed by atoms with Crippen LogP contribution in [0.2, 0.25) is 0 Å². The lowest BCUT2D eigenvalue weighted by Crippen LogP contribution is -2.24. The monoisotopic (exact) mass is 329 g/mol. The van der Waals surface area contributed by atoms with Gasteiger partial charge in [0.2, 0.25) is 11.0 Å². The number of amides is 1. The van der Waals surface area contributed by atoms with Crippen molar-refractivity contribution in [2.75, 3.05) is 5.32 Å². The van der Waals surface area contributed by atoms with Gasteiger partial charge >= 0.3 is 0 Å². The average Bonchev–Trinajstić information content (AvgIpc) is 3.03. The van der Waals surface area contributed by atoms with Gasteiger partial charge in [-0.1, -0.05) is 67.9 Å². The lowest BCUT2D eigenvalue weighted by Gasteiger charge is -2.19. The molecule has 3 rings (SSSR count). The molecule has 2 aromatic rings. The molecule has 1 atom stereocenters. The van der Waals surface area contributed by atoms with Gasteiger partial charge < -0.3 is 5.32 Å². The van der Waals surface area contributed by atoms with Crippen molar-refractivity contribution in [3.8, 4) is 0 Å². The minimum atomic E-state index is 0.114. The van der Waals surface area contributed by atoms with E-state index in [4.69, 9.17) is 0 Å². The first-order chi connectivity index (χ1) is 11.2. The van der Waals surface area contributed by atoms with Crippen molar-refractivity contribution in [1.29, 1.82) is 0 Å². The molecule has 0 aliphatic heterocycles. The van der Waals surface area contributed by atoms with E-state index in [1.54, 1.807) is 0 Å². The second-order valence-electron chi connectivity index (χ2n) is 6.34. The molecule has 0 radical (unpaired) electrons. The van der Waals surface area contributed by atoms with E-state index in [9.17, 15) is 4.79 Å². The molecule has 0 spiro atoms. The predicted octanol–water partition coefficient (Wildman–Crippen LogP) is 4.40. The molecule has 1 aliphatic carbocycles. The number of carbonyl (C=O) groups is 1. The third-order valence-electron chi connectivity index (χ3n) is 4.52. The zero-order chi connectivity index (χ0) is 16.1. The van der Waals surface area contributed by atoms with Crippen LogP contribution in [0.15, 0.2) is 30.3 Å². The Morgan fingerprint density at radius 3 is 2.70 bits per heavy atom. The number of carbonyl (C=O) groups excluding carboxylic acids is 1. The summed E-state index contributed by atoms with van der Waals surface area (Å²) in [5.41, 5.74) is 1.30. The molecule has 4 nitrogen and oxygen atoms in total. The van der Waals surface area contributed by atoms with Crippen LogP contribution < -0.4 is 5.32 Å². The first-order valence-corrected chi connectivity index (χ1v) is 9.22. The van der Waals surface area contributed by atoms with Gasteiger partial charge in [0.15, 0.2) is 0 Å². The molecule has 5 heteroatoms. The largest absolute Gasteiger partial charge is 0.300 e. The Hall–Kier alpha value is -1.75. The molecule has 1 heterocycles. The van der Waals surface area contributed by atoms with Gasteiger partial charge in [0, 0.05) is 12.3 Å². The lowest BCUT2D eigenvalue weighted by molar-refractivity contribution is -0.120. The second kappa shape index (κ2) is 7.68. The maximum absolute atomic E-state index is 12.2. The van der Waals surface area contributed by atoms with E-state index in [0.717, 1.165) is 37.1 Å². The lowest BCUT2D eigenvalue weighted by atomic mass is 9.89. The van der Waals surface area contributed by atoms with E-state index in [1.165, 1.54) is 23.3 Å². The van der Waals surface area contributed by atoms with Gasteiger partial charge in [-0.15, -0.1) is 10.2 Å². The van der Waals surface area contributed by atoms with Gasteiger partial charge in [0.05, 0.1) is 0 Å². The van der Waals surface area contributed by atoms with Crippen LogP contribution in [0.3, 0.4) is 0 Å². The number of nitrogens with zero attached hydrogens (tertiary/aromatic N) is 2. The van der Waals surface area contributed by atoms with Crippen LogP contribution in [0.25, 0.3) is 0 Å². The molecule has 1 aliphatic rings. The molecule has 1 saturated carbocycles. The summed E-state index contributed by atoms with van der Waals surface area (Å²) in [5, 5.41) is 12.9. The van der Waals surface area contributed by atoms with Crippen molar-refractivity contribution in [3.05, 3.63) is 40.9 Å². The summed E-state index contributed by atoms with van der Waals surface area (Å²) in [7, 11) is 0. The Morgan fingerprint density at radius 2 is 1.96 bits per heavy atom. The molecular weight excluding hydrogens is 306 g/mol. The van der Waals surface area contributed by atoms with Gasteiger partial charge in [-0.3, -0.25) is 4.79 Å². The quantitative estimate of drug-likeness (QED) is 0.884. The van der Waals surface area contributed by atoms with Crippen molar-refractivity contribution in [2.24, 2.45) is 5.92 Å². The fourth-order valence-electron chi connectivity index (χ4n) is 3.12. The molecule has 0 unspecified atom stereocenters. The van der Waals surface area contributed by atoms with E-state index in [-0.39, 0.29) is 11.8 Å². The summed E-state index contributed by atoms with van der Waals surface area (Å²) in [5.74, 6) is 0.661. The molecular formula is C18H23N3OS. The highest BCUT2D eigenvalue weighted by molar-refractivity contribution is 7.15. The standard InChI is InChI=1S/C18H23N3OS/c1-13(14-8-4-2-5-9-14)12-16-20-21-18(23-16)19-17(22)15-10-6-3-7-11-15/h2,4-5,8-9,13,15H,3,6-7,10-12H2,1H3,(H,19,21,22)/t13-/m0/s1. The first kappa shape index (κ1) is 16.1. The van der Waals surface area contributed by atoms with Crippen molar-refractivity contribution >= 4 is 22.4 Å². The fraction of sp³-hybridized carbons (Fsp3) is 0.500. The van der Waals surface area contributed by atoms with Crippen LogP contribution in [0, 0.1) is 5.92 Å². The number of aromatic nitrogens is 2. The SMILES string of the molecule is C[C@@H](Cc1nnc(NC(=O)C2CCCCC2)s1)c1ccccc1. The van der Waals surface area contributed by atoms with E-state index in [0.29, 0.717) is 11.0 Å². The van der Waals surface area contributed by atoms with Gasteiger partial charge in [0.25, 0.3) is 0 Å². The van der Waals surface area contributed by atoms with Gasteiger partial charge in [-0.25, -0.2) is 0 Å². The minimum Gasteiger partial charge on any atom is -0.300 e. The molecule has 0 saturated heterocycles. The molecule has 23 heavy (non-hydrogen) atoms. The van der Waals surface area contributed by atoms with Crippen LogP contribution in [0.1, 0.15) is 55.5 Å². The Morgan fingerprint density at radius 1 is 1.22 bits per heavy atom. The Kier molecular flexibility index (Phi) is 5.39. The van der Waals surface area contributed by atoms with Crippen LogP contribution >= 0.6 is 11.3 Å². The molecule has 122 valence electrons. The summed E-state index contributed by atoms with van der Waals surface area (Å²) >= 11 is 1.49. The Labute approximate surface area is 141 Å². The molecule has 1 aromatic heterocycles. The van der Waals surface area contributed by atoms with Gasteiger partial charge in [-0.05, 0) is 24.3 Å². The summed E-state index contributed by atoms with van der Waals surface area (Å²) < 4.78 is 0. The second-order valence-corrected chi connectivity index (χ2v) is 7.40. The maximum Gasteiger partial charge on any atom is 0.229 e. The summed E-state index contributed by atoms with van der Waals surface area (Å²) in [6.45, 7) is 2.19. The third-order valence-corrected chi connectivity index (χ3v) is 5.38. The zero-order valence-corrected chi connectivity index (χ0v) is 14.3. The van der Waals surface area contributed by atoms with E-state index in [2.05, 4.69) is 46.7 Å². The summed E-state index contributed by atoms with van der Waals surface area (Å²) in [6, 6.07) is 10.4. The smallest absolute Gasteiger partial charge is 0.229 e. The number of rotatable bonds is 5. The number of hydrogen-bond donors (Lipinski definition) is 1. The average molecular weight is 329 g/mol. The third kappa shape index (κ3) is 4.38. The normalized spacial score (nSPS) is 16.9.